The molecule has 1 fully saturated rings. The summed E-state index contributed by atoms with van der Waals surface area (Å²) in [6.45, 7) is 14.9. The maximum absolute atomic E-state index is 11.6. The molecule has 0 saturated carbocycles. The average molecular weight is 256 g/mol. The van der Waals surface area contributed by atoms with Gasteiger partial charge in [-0.2, -0.15) is 0 Å². The molecule has 1 aliphatic rings. The minimum absolute atomic E-state index is 0.220. The van der Waals surface area contributed by atoms with Gasteiger partial charge in [-0.3, -0.25) is 4.79 Å². The van der Waals surface area contributed by atoms with Crippen molar-refractivity contribution in [3.63, 3.8) is 0 Å². The van der Waals surface area contributed by atoms with Gasteiger partial charge in [0.1, 0.15) is 0 Å². The number of piperidine rings is 1. The van der Waals surface area contributed by atoms with Crippen LogP contribution in [0.5, 0.6) is 0 Å². The Kier molecular flexibility index (Phi) is 9.08. The van der Waals surface area contributed by atoms with Crippen molar-refractivity contribution in [2.75, 3.05) is 13.1 Å². The van der Waals surface area contributed by atoms with E-state index in [4.69, 9.17) is 0 Å². The van der Waals surface area contributed by atoms with Gasteiger partial charge in [-0.05, 0) is 32.6 Å². The van der Waals surface area contributed by atoms with Gasteiger partial charge < -0.3 is 10.2 Å². The van der Waals surface area contributed by atoms with Crippen molar-refractivity contribution in [1.29, 1.82) is 0 Å². The third-order valence-corrected chi connectivity index (χ3v) is 3.22. The first-order valence-electron chi connectivity index (χ1n) is 7.52. The summed E-state index contributed by atoms with van der Waals surface area (Å²) in [6, 6.07) is 1.04. The molecule has 0 bridgehead atoms. The van der Waals surface area contributed by atoms with E-state index in [1.807, 2.05) is 13.8 Å². The molecule has 1 heterocycles. The quantitative estimate of drug-likeness (QED) is 0.838. The Labute approximate surface area is 113 Å². The number of nitrogens with one attached hydrogen (secondary N) is 1. The van der Waals surface area contributed by atoms with E-state index in [0.717, 1.165) is 25.9 Å². The van der Waals surface area contributed by atoms with Crippen molar-refractivity contribution in [2.24, 2.45) is 5.92 Å². The molecule has 1 saturated heterocycles. The Balaban J connectivity index is 0.00000137. The third kappa shape index (κ3) is 7.00. The van der Waals surface area contributed by atoms with Gasteiger partial charge in [0.15, 0.2) is 0 Å². The first-order valence-corrected chi connectivity index (χ1v) is 7.52. The van der Waals surface area contributed by atoms with E-state index in [9.17, 15) is 4.79 Å². The Morgan fingerprint density at radius 3 is 2.06 bits per heavy atom. The highest BCUT2D eigenvalue weighted by atomic mass is 16.1. The van der Waals surface area contributed by atoms with E-state index >= 15 is 0 Å². The van der Waals surface area contributed by atoms with Crippen LogP contribution in [-0.2, 0) is 4.79 Å². The second-order valence-electron chi connectivity index (χ2n) is 5.57. The standard InChI is InChI=1S/C13H26N2O.C2H6/c1-10(2)9-13(16)14-12-5-7-15(8-6-12)11(3)4;1-2/h10-12H,5-9H2,1-4H3,(H,14,16);1-2H3. The minimum atomic E-state index is 0.220. The van der Waals surface area contributed by atoms with Gasteiger partial charge in [0.25, 0.3) is 0 Å². The Morgan fingerprint density at radius 2 is 1.67 bits per heavy atom. The molecule has 3 heteroatoms. The first-order chi connectivity index (χ1) is 8.49. The molecule has 18 heavy (non-hydrogen) atoms. The number of hydrogen-bond acceptors (Lipinski definition) is 2. The fourth-order valence-electron chi connectivity index (χ4n) is 2.22. The number of amides is 1. The summed E-state index contributed by atoms with van der Waals surface area (Å²) in [5, 5.41) is 3.14. The maximum Gasteiger partial charge on any atom is 0.220 e. The van der Waals surface area contributed by atoms with Crippen LogP contribution >= 0.6 is 0 Å². The van der Waals surface area contributed by atoms with Crippen LogP contribution in [0.15, 0.2) is 0 Å². The lowest BCUT2D eigenvalue weighted by molar-refractivity contribution is -0.122. The highest BCUT2D eigenvalue weighted by molar-refractivity contribution is 5.76. The lowest BCUT2D eigenvalue weighted by Crippen LogP contribution is -2.46. The van der Waals surface area contributed by atoms with E-state index < -0.39 is 0 Å². The minimum Gasteiger partial charge on any atom is -0.353 e. The summed E-state index contributed by atoms with van der Waals surface area (Å²) in [7, 11) is 0. The Hall–Kier alpha value is -0.570. The number of hydrogen-bond donors (Lipinski definition) is 1. The fourth-order valence-corrected chi connectivity index (χ4v) is 2.22. The molecule has 0 atom stereocenters. The zero-order valence-corrected chi connectivity index (χ0v) is 13.1. The van der Waals surface area contributed by atoms with E-state index in [0.29, 0.717) is 24.4 Å². The van der Waals surface area contributed by atoms with Gasteiger partial charge in [-0.15, -0.1) is 0 Å². The van der Waals surface area contributed by atoms with Crippen molar-refractivity contribution >= 4 is 5.91 Å². The molecule has 0 aliphatic carbocycles. The van der Waals surface area contributed by atoms with Crippen LogP contribution in [0.2, 0.25) is 0 Å². The second-order valence-corrected chi connectivity index (χ2v) is 5.57. The van der Waals surface area contributed by atoms with E-state index in [1.165, 1.54) is 0 Å². The molecule has 0 aromatic rings. The Bertz CT molecular complexity index is 219. The number of nitrogens with zero attached hydrogens (tertiary/aromatic N) is 1. The predicted octanol–water partition coefficient (Wildman–Crippen LogP) is 3.05. The van der Waals surface area contributed by atoms with E-state index in [2.05, 4.69) is 37.9 Å². The summed E-state index contributed by atoms with van der Waals surface area (Å²) >= 11 is 0. The highest BCUT2D eigenvalue weighted by Crippen LogP contribution is 2.13. The van der Waals surface area contributed by atoms with Crippen molar-refractivity contribution in [3.8, 4) is 0 Å². The van der Waals surface area contributed by atoms with Crippen LogP contribution in [0, 0.1) is 5.92 Å². The van der Waals surface area contributed by atoms with E-state index in [-0.39, 0.29) is 5.91 Å². The molecule has 1 rings (SSSR count). The maximum atomic E-state index is 11.6. The lowest BCUT2D eigenvalue weighted by atomic mass is 10.0. The molecule has 0 aromatic heterocycles. The predicted molar refractivity (Wildman–Crippen MR) is 78.7 cm³/mol. The average Bonchev–Trinajstić information content (AvgIpc) is 2.31. The molecule has 0 aromatic carbocycles. The van der Waals surface area contributed by atoms with Gasteiger partial charge in [0, 0.05) is 31.6 Å². The molecule has 1 amide bonds. The van der Waals surface area contributed by atoms with Crippen LogP contribution in [-0.4, -0.2) is 36.0 Å². The topological polar surface area (TPSA) is 32.3 Å². The molecule has 0 unspecified atom stereocenters. The summed E-state index contributed by atoms with van der Waals surface area (Å²) in [5.41, 5.74) is 0. The fraction of sp³-hybridized carbons (Fsp3) is 0.933. The van der Waals surface area contributed by atoms with Crippen molar-refractivity contribution < 1.29 is 4.79 Å². The zero-order valence-electron chi connectivity index (χ0n) is 13.1. The van der Waals surface area contributed by atoms with Crippen molar-refractivity contribution in [2.45, 2.75) is 72.9 Å². The number of carbonyl (C=O) groups is 1. The van der Waals surface area contributed by atoms with Gasteiger partial charge in [0.05, 0.1) is 0 Å². The lowest BCUT2D eigenvalue weighted by Gasteiger charge is -2.34. The second kappa shape index (κ2) is 9.37. The van der Waals surface area contributed by atoms with Gasteiger partial charge in [-0.25, -0.2) is 0 Å². The van der Waals surface area contributed by atoms with Gasteiger partial charge in [0.2, 0.25) is 5.91 Å². The van der Waals surface area contributed by atoms with Crippen LogP contribution in [0.25, 0.3) is 0 Å². The van der Waals surface area contributed by atoms with Gasteiger partial charge in [-0.1, -0.05) is 27.7 Å². The molecule has 1 N–H and O–H groups in total. The highest BCUT2D eigenvalue weighted by Gasteiger charge is 2.21. The molecule has 1 aliphatic heterocycles. The molecule has 0 spiro atoms. The largest absolute Gasteiger partial charge is 0.353 e. The van der Waals surface area contributed by atoms with Crippen molar-refractivity contribution in [3.05, 3.63) is 0 Å². The number of likely N-dealkylation sites (tertiary alicyclic amines) is 1. The van der Waals surface area contributed by atoms with Crippen LogP contribution < -0.4 is 5.32 Å². The van der Waals surface area contributed by atoms with Gasteiger partial charge >= 0.3 is 0 Å². The summed E-state index contributed by atoms with van der Waals surface area (Å²) in [6.07, 6.45) is 2.86. The summed E-state index contributed by atoms with van der Waals surface area (Å²) in [5.74, 6) is 0.675. The Morgan fingerprint density at radius 1 is 1.17 bits per heavy atom. The normalized spacial score (nSPS) is 17.6. The zero-order chi connectivity index (χ0) is 14.1. The molecule has 0 radical (unpaired) electrons. The van der Waals surface area contributed by atoms with Crippen LogP contribution in [0.1, 0.15) is 60.8 Å². The van der Waals surface area contributed by atoms with Crippen molar-refractivity contribution in [1.82, 2.24) is 10.2 Å². The van der Waals surface area contributed by atoms with E-state index in [1.54, 1.807) is 0 Å². The van der Waals surface area contributed by atoms with Crippen LogP contribution in [0.4, 0.5) is 0 Å². The molecular formula is C15H32N2O. The smallest absolute Gasteiger partial charge is 0.220 e. The molecule has 3 nitrogen and oxygen atoms in total. The number of carbonyl (C=O) groups excluding carboxylic acids is 1. The third-order valence-electron chi connectivity index (χ3n) is 3.22. The summed E-state index contributed by atoms with van der Waals surface area (Å²) < 4.78 is 0. The number of rotatable bonds is 4. The molecule has 108 valence electrons. The monoisotopic (exact) mass is 256 g/mol. The SMILES string of the molecule is CC.CC(C)CC(=O)NC1CCN(C(C)C)CC1. The molecular weight excluding hydrogens is 224 g/mol. The summed E-state index contributed by atoms with van der Waals surface area (Å²) in [4.78, 5) is 14.1. The van der Waals surface area contributed by atoms with Crippen LogP contribution in [0.3, 0.4) is 0 Å². The first kappa shape index (κ1) is 17.4.